The number of nitrogens with one attached hydrogen (secondary N) is 1. The molecule has 1 unspecified atom stereocenters. The van der Waals surface area contributed by atoms with E-state index in [9.17, 15) is 9.59 Å². The van der Waals surface area contributed by atoms with Gasteiger partial charge in [0.05, 0.1) is 19.8 Å². The molecule has 0 aliphatic carbocycles. The summed E-state index contributed by atoms with van der Waals surface area (Å²) < 4.78 is 20.8. The second-order valence-electron chi connectivity index (χ2n) is 5.64. The highest BCUT2D eigenvalue weighted by Gasteiger charge is 2.22. The largest absolute Gasteiger partial charge is 0.497 e. The minimum absolute atomic E-state index is 0.226. The molecular weight excluding hydrogens is 352 g/mol. The van der Waals surface area contributed by atoms with Crippen molar-refractivity contribution in [1.82, 2.24) is 4.98 Å². The number of esters is 1. The number of amides is 1. The highest BCUT2D eigenvalue weighted by atomic mass is 16.5. The van der Waals surface area contributed by atoms with Crippen molar-refractivity contribution in [3.63, 3.8) is 0 Å². The summed E-state index contributed by atoms with van der Waals surface area (Å²) >= 11 is 0. The summed E-state index contributed by atoms with van der Waals surface area (Å²) in [6.07, 6.45) is 0.213. The van der Waals surface area contributed by atoms with Crippen LogP contribution in [-0.4, -0.2) is 37.2 Å². The third-order valence-electron chi connectivity index (χ3n) is 3.85. The van der Waals surface area contributed by atoms with Crippen molar-refractivity contribution in [2.75, 3.05) is 19.5 Å². The predicted octanol–water partition coefficient (Wildman–Crippen LogP) is 3.03. The normalized spacial score (nSPS) is 11.7. The lowest BCUT2D eigenvalue weighted by Gasteiger charge is -2.15. The van der Waals surface area contributed by atoms with Crippen LogP contribution in [-0.2, 0) is 9.53 Å². The van der Waals surface area contributed by atoms with Gasteiger partial charge in [0.2, 0.25) is 0 Å². The molecule has 0 saturated carbocycles. The van der Waals surface area contributed by atoms with E-state index in [0.29, 0.717) is 28.3 Å². The van der Waals surface area contributed by atoms with Gasteiger partial charge in [-0.3, -0.25) is 4.79 Å². The monoisotopic (exact) mass is 370 g/mol. The Balaban J connectivity index is 1.71. The van der Waals surface area contributed by atoms with Gasteiger partial charge < -0.3 is 23.9 Å². The van der Waals surface area contributed by atoms with Gasteiger partial charge in [-0.25, -0.2) is 9.78 Å². The fourth-order valence-electron chi connectivity index (χ4n) is 2.45. The molecule has 2 aromatic carbocycles. The number of hydrogen-bond donors (Lipinski definition) is 1. The first-order valence-electron chi connectivity index (χ1n) is 8.09. The van der Waals surface area contributed by atoms with Crippen LogP contribution in [0.1, 0.15) is 17.3 Å². The SMILES string of the molecule is COc1cc(NC(=O)C(C)OC(=O)c2cccc3ocnc23)cc(OC)c1. The Morgan fingerprint density at radius 2 is 1.81 bits per heavy atom. The molecule has 3 rings (SSSR count). The van der Waals surface area contributed by atoms with Crippen LogP contribution in [0.5, 0.6) is 11.5 Å². The zero-order valence-corrected chi connectivity index (χ0v) is 15.0. The second-order valence-corrected chi connectivity index (χ2v) is 5.64. The number of fused-ring (bicyclic) bond motifs is 1. The molecule has 0 saturated heterocycles. The molecule has 8 heteroatoms. The molecule has 0 aliphatic rings. The van der Waals surface area contributed by atoms with Crippen molar-refractivity contribution in [3.8, 4) is 11.5 Å². The summed E-state index contributed by atoms with van der Waals surface area (Å²) in [6, 6.07) is 9.83. The highest BCUT2D eigenvalue weighted by Crippen LogP contribution is 2.26. The topological polar surface area (TPSA) is 99.9 Å². The number of carbonyl (C=O) groups excluding carboxylic acids is 2. The number of aromatic nitrogens is 1. The Labute approximate surface area is 155 Å². The molecule has 1 atom stereocenters. The molecule has 0 fully saturated rings. The average molecular weight is 370 g/mol. The minimum atomic E-state index is -1.03. The van der Waals surface area contributed by atoms with Crippen molar-refractivity contribution in [2.45, 2.75) is 13.0 Å². The maximum absolute atomic E-state index is 12.4. The van der Waals surface area contributed by atoms with Crippen LogP contribution in [0.4, 0.5) is 5.69 Å². The summed E-state index contributed by atoms with van der Waals surface area (Å²) in [7, 11) is 3.02. The fraction of sp³-hybridized carbons (Fsp3) is 0.211. The molecule has 8 nitrogen and oxygen atoms in total. The number of benzene rings is 2. The summed E-state index contributed by atoms with van der Waals surface area (Å²) in [5, 5.41) is 2.67. The van der Waals surface area contributed by atoms with Gasteiger partial charge in [0.1, 0.15) is 17.0 Å². The first kappa shape index (κ1) is 18.2. The molecule has 1 aromatic heterocycles. The molecular formula is C19H18N2O6. The average Bonchev–Trinajstić information content (AvgIpc) is 3.16. The molecule has 27 heavy (non-hydrogen) atoms. The second kappa shape index (κ2) is 7.77. The highest BCUT2D eigenvalue weighted by molar-refractivity contribution is 6.03. The number of anilines is 1. The number of oxazole rings is 1. The zero-order chi connectivity index (χ0) is 19.4. The number of ether oxygens (including phenoxy) is 3. The van der Waals surface area contributed by atoms with E-state index >= 15 is 0 Å². The molecule has 1 N–H and O–H groups in total. The Hall–Kier alpha value is -3.55. The van der Waals surface area contributed by atoms with E-state index in [1.165, 1.54) is 27.5 Å². The van der Waals surface area contributed by atoms with E-state index in [1.807, 2.05) is 0 Å². The standard InChI is InChI=1S/C19H18N2O6/c1-11(18(22)21-12-7-13(24-2)9-14(8-12)25-3)27-19(23)15-5-4-6-16-17(15)20-10-26-16/h4-11H,1-3H3,(H,21,22). The smallest absolute Gasteiger partial charge is 0.341 e. The van der Waals surface area contributed by atoms with Gasteiger partial charge in [-0.2, -0.15) is 0 Å². The van der Waals surface area contributed by atoms with Gasteiger partial charge in [0.25, 0.3) is 5.91 Å². The summed E-state index contributed by atoms with van der Waals surface area (Å²) in [5.74, 6) is -0.120. The molecule has 0 aliphatic heterocycles. The number of nitrogens with zero attached hydrogens (tertiary/aromatic N) is 1. The molecule has 140 valence electrons. The van der Waals surface area contributed by atoms with Gasteiger partial charge in [-0.05, 0) is 19.1 Å². The summed E-state index contributed by atoms with van der Waals surface area (Å²) in [5.41, 5.74) is 1.53. The number of carbonyl (C=O) groups is 2. The quantitative estimate of drug-likeness (QED) is 0.666. The minimum Gasteiger partial charge on any atom is -0.497 e. The molecule has 0 bridgehead atoms. The molecule has 1 heterocycles. The van der Waals surface area contributed by atoms with Gasteiger partial charge in [-0.15, -0.1) is 0 Å². The van der Waals surface area contributed by atoms with Crippen LogP contribution in [0.3, 0.4) is 0 Å². The van der Waals surface area contributed by atoms with Crippen molar-refractivity contribution < 1.29 is 28.2 Å². The lowest BCUT2D eigenvalue weighted by molar-refractivity contribution is -0.123. The van der Waals surface area contributed by atoms with Gasteiger partial charge >= 0.3 is 5.97 Å². The number of hydrogen-bond acceptors (Lipinski definition) is 7. The van der Waals surface area contributed by atoms with Crippen LogP contribution in [0.25, 0.3) is 11.1 Å². The lowest BCUT2D eigenvalue weighted by atomic mass is 10.2. The van der Waals surface area contributed by atoms with Crippen LogP contribution in [0.15, 0.2) is 47.2 Å². The van der Waals surface area contributed by atoms with E-state index in [2.05, 4.69) is 10.3 Å². The van der Waals surface area contributed by atoms with Crippen molar-refractivity contribution in [3.05, 3.63) is 48.4 Å². The van der Waals surface area contributed by atoms with E-state index in [1.54, 1.807) is 36.4 Å². The van der Waals surface area contributed by atoms with Gasteiger partial charge in [0.15, 0.2) is 18.1 Å². The molecule has 3 aromatic rings. The number of methoxy groups -OCH3 is 2. The molecule has 0 spiro atoms. The maximum Gasteiger partial charge on any atom is 0.341 e. The fourth-order valence-corrected chi connectivity index (χ4v) is 2.45. The van der Waals surface area contributed by atoms with Crippen molar-refractivity contribution in [2.24, 2.45) is 0 Å². The Bertz CT molecular complexity index is 959. The van der Waals surface area contributed by atoms with Crippen LogP contribution in [0, 0.1) is 0 Å². The van der Waals surface area contributed by atoms with Crippen molar-refractivity contribution in [1.29, 1.82) is 0 Å². The predicted molar refractivity (Wildman–Crippen MR) is 97.1 cm³/mol. The third kappa shape index (κ3) is 4.00. The zero-order valence-electron chi connectivity index (χ0n) is 15.0. The summed E-state index contributed by atoms with van der Waals surface area (Å²) in [6.45, 7) is 1.48. The summed E-state index contributed by atoms with van der Waals surface area (Å²) in [4.78, 5) is 28.8. The lowest BCUT2D eigenvalue weighted by Crippen LogP contribution is -2.30. The number of para-hydroxylation sites is 1. The van der Waals surface area contributed by atoms with E-state index in [4.69, 9.17) is 18.6 Å². The van der Waals surface area contributed by atoms with Gasteiger partial charge in [0, 0.05) is 23.9 Å². The van der Waals surface area contributed by atoms with E-state index < -0.39 is 18.0 Å². The first-order chi connectivity index (χ1) is 13.0. The van der Waals surface area contributed by atoms with E-state index in [0.717, 1.165) is 0 Å². The van der Waals surface area contributed by atoms with Crippen LogP contribution < -0.4 is 14.8 Å². The first-order valence-corrected chi connectivity index (χ1v) is 8.09. The molecule has 1 amide bonds. The number of rotatable bonds is 6. The molecule has 0 radical (unpaired) electrons. The Morgan fingerprint density at radius 1 is 1.11 bits per heavy atom. The maximum atomic E-state index is 12.4. The third-order valence-corrected chi connectivity index (χ3v) is 3.85. The Kier molecular flexibility index (Phi) is 5.25. The van der Waals surface area contributed by atoms with E-state index in [-0.39, 0.29) is 5.56 Å². The Morgan fingerprint density at radius 3 is 2.48 bits per heavy atom. The van der Waals surface area contributed by atoms with Crippen LogP contribution in [0.2, 0.25) is 0 Å². The van der Waals surface area contributed by atoms with Crippen LogP contribution >= 0.6 is 0 Å². The van der Waals surface area contributed by atoms with Crippen molar-refractivity contribution >= 4 is 28.7 Å². The van der Waals surface area contributed by atoms with Gasteiger partial charge in [-0.1, -0.05) is 6.07 Å².